The lowest BCUT2D eigenvalue weighted by atomic mass is 10.4. The lowest BCUT2D eigenvalue weighted by molar-refractivity contribution is 1.48. The molecule has 1 rings (SSSR count). The SMILES string of the molecule is CN.Sc1ccccc1Cl. The maximum atomic E-state index is 5.63. The first-order valence-electron chi connectivity index (χ1n) is 2.82. The Labute approximate surface area is 71.6 Å². The number of halogens is 1. The van der Waals surface area contributed by atoms with E-state index in [4.69, 9.17) is 11.6 Å². The molecule has 10 heavy (non-hydrogen) atoms. The van der Waals surface area contributed by atoms with E-state index in [0.29, 0.717) is 5.02 Å². The van der Waals surface area contributed by atoms with Crippen LogP contribution in [-0.4, -0.2) is 7.05 Å². The van der Waals surface area contributed by atoms with Crippen LogP contribution in [0.4, 0.5) is 0 Å². The van der Waals surface area contributed by atoms with Gasteiger partial charge >= 0.3 is 0 Å². The van der Waals surface area contributed by atoms with Gasteiger partial charge in [0, 0.05) is 4.90 Å². The maximum Gasteiger partial charge on any atom is 0.0539 e. The van der Waals surface area contributed by atoms with Crippen molar-refractivity contribution < 1.29 is 0 Å². The van der Waals surface area contributed by atoms with Gasteiger partial charge in [-0.3, -0.25) is 0 Å². The Morgan fingerprint density at radius 3 is 2.10 bits per heavy atom. The molecule has 3 heteroatoms. The minimum absolute atomic E-state index is 0.704. The molecule has 1 nitrogen and oxygen atoms in total. The molecular weight excluding hydrogens is 166 g/mol. The molecule has 0 aliphatic carbocycles. The smallest absolute Gasteiger partial charge is 0.0539 e. The van der Waals surface area contributed by atoms with Gasteiger partial charge < -0.3 is 5.73 Å². The summed E-state index contributed by atoms with van der Waals surface area (Å²) >= 11 is 9.70. The van der Waals surface area contributed by atoms with Crippen LogP contribution in [0.3, 0.4) is 0 Å². The predicted molar refractivity (Wildman–Crippen MR) is 48.8 cm³/mol. The fourth-order valence-corrected chi connectivity index (χ4v) is 0.748. The number of nitrogens with two attached hydrogens (primary N) is 1. The van der Waals surface area contributed by atoms with Crippen molar-refractivity contribution in [3.05, 3.63) is 29.3 Å². The van der Waals surface area contributed by atoms with Gasteiger partial charge in [0.1, 0.15) is 0 Å². The third-order valence-electron chi connectivity index (χ3n) is 0.852. The second kappa shape index (κ2) is 5.59. The Balaban J connectivity index is 0.000000371. The van der Waals surface area contributed by atoms with Crippen LogP contribution in [0.2, 0.25) is 5.02 Å². The fraction of sp³-hybridized carbons (Fsp3) is 0.143. The summed E-state index contributed by atoms with van der Waals surface area (Å²) < 4.78 is 0. The Bertz CT molecular complexity index is 170. The van der Waals surface area contributed by atoms with Gasteiger partial charge in [0.05, 0.1) is 5.02 Å². The maximum absolute atomic E-state index is 5.63. The van der Waals surface area contributed by atoms with Crippen molar-refractivity contribution in [2.24, 2.45) is 5.73 Å². The molecule has 0 radical (unpaired) electrons. The first-order chi connectivity index (χ1) is 4.80. The van der Waals surface area contributed by atoms with E-state index in [0.717, 1.165) is 4.90 Å². The van der Waals surface area contributed by atoms with Crippen LogP contribution < -0.4 is 5.73 Å². The van der Waals surface area contributed by atoms with Crippen molar-refractivity contribution in [2.45, 2.75) is 4.90 Å². The lowest BCUT2D eigenvalue weighted by Gasteiger charge is -1.90. The molecule has 0 spiro atoms. The summed E-state index contributed by atoms with van der Waals surface area (Å²) in [5, 5.41) is 0.704. The molecule has 0 aromatic heterocycles. The average Bonchev–Trinajstić information content (AvgIpc) is 2.00. The highest BCUT2D eigenvalue weighted by Crippen LogP contribution is 2.17. The van der Waals surface area contributed by atoms with Crippen molar-refractivity contribution in [3.8, 4) is 0 Å². The van der Waals surface area contributed by atoms with E-state index in [2.05, 4.69) is 18.4 Å². The van der Waals surface area contributed by atoms with Gasteiger partial charge in [0.15, 0.2) is 0 Å². The summed E-state index contributed by atoms with van der Waals surface area (Å²) in [5.41, 5.74) is 4.50. The molecule has 0 bridgehead atoms. The Morgan fingerprint density at radius 2 is 1.80 bits per heavy atom. The normalized spacial score (nSPS) is 8.00. The van der Waals surface area contributed by atoms with Crippen LogP contribution in [0.5, 0.6) is 0 Å². The van der Waals surface area contributed by atoms with E-state index >= 15 is 0 Å². The zero-order valence-electron chi connectivity index (χ0n) is 5.71. The summed E-state index contributed by atoms with van der Waals surface area (Å²) in [6.45, 7) is 0. The zero-order chi connectivity index (χ0) is 7.98. The van der Waals surface area contributed by atoms with Gasteiger partial charge in [-0.15, -0.1) is 12.6 Å². The van der Waals surface area contributed by atoms with Crippen LogP contribution >= 0.6 is 24.2 Å². The molecule has 0 atom stereocenters. The highest BCUT2D eigenvalue weighted by molar-refractivity contribution is 7.80. The third kappa shape index (κ3) is 3.11. The number of hydrogen-bond acceptors (Lipinski definition) is 2. The number of thiol groups is 1. The van der Waals surface area contributed by atoms with E-state index in [1.165, 1.54) is 7.05 Å². The molecule has 0 saturated heterocycles. The Hall–Kier alpha value is -0.180. The average molecular weight is 176 g/mol. The van der Waals surface area contributed by atoms with E-state index < -0.39 is 0 Å². The minimum atomic E-state index is 0.704. The number of benzene rings is 1. The molecule has 0 amide bonds. The second-order valence-corrected chi connectivity index (χ2v) is 2.34. The molecule has 1 aromatic carbocycles. The second-order valence-electron chi connectivity index (χ2n) is 1.45. The van der Waals surface area contributed by atoms with Gasteiger partial charge in [0.2, 0.25) is 0 Å². The van der Waals surface area contributed by atoms with Crippen LogP contribution in [0.1, 0.15) is 0 Å². The fourth-order valence-electron chi connectivity index (χ4n) is 0.452. The van der Waals surface area contributed by atoms with Crippen molar-refractivity contribution in [2.75, 3.05) is 7.05 Å². The van der Waals surface area contributed by atoms with Gasteiger partial charge in [-0.2, -0.15) is 0 Å². The molecule has 0 saturated carbocycles. The molecule has 0 aliphatic heterocycles. The van der Waals surface area contributed by atoms with Gasteiger partial charge in [0.25, 0.3) is 0 Å². The lowest BCUT2D eigenvalue weighted by Crippen LogP contribution is -1.69. The van der Waals surface area contributed by atoms with Gasteiger partial charge in [-0.1, -0.05) is 23.7 Å². The highest BCUT2D eigenvalue weighted by Gasteiger charge is 1.87. The predicted octanol–water partition coefficient (Wildman–Crippen LogP) is 2.20. The monoisotopic (exact) mass is 175 g/mol. The minimum Gasteiger partial charge on any atom is -0.333 e. The first kappa shape index (κ1) is 9.82. The molecular formula is C7H10ClNS. The standard InChI is InChI=1S/C6H5ClS.CH5N/c7-5-3-1-2-4-6(5)8;1-2/h1-4,8H;2H2,1H3. The van der Waals surface area contributed by atoms with Crippen LogP contribution in [0, 0.1) is 0 Å². The van der Waals surface area contributed by atoms with Gasteiger partial charge in [-0.05, 0) is 19.2 Å². The molecule has 0 aliphatic rings. The summed E-state index contributed by atoms with van der Waals surface area (Å²) in [4.78, 5) is 0.828. The van der Waals surface area contributed by atoms with Crippen molar-refractivity contribution in [1.29, 1.82) is 0 Å². The highest BCUT2D eigenvalue weighted by atomic mass is 35.5. The quantitative estimate of drug-likeness (QED) is 0.581. The van der Waals surface area contributed by atoms with Gasteiger partial charge in [-0.25, -0.2) is 0 Å². The summed E-state index contributed by atoms with van der Waals surface area (Å²) in [5.74, 6) is 0. The molecule has 0 unspecified atom stereocenters. The van der Waals surface area contributed by atoms with Crippen molar-refractivity contribution >= 4 is 24.2 Å². The molecule has 1 aromatic rings. The van der Waals surface area contributed by atoms with E-state index in [9.17, 15) is 0 Å². The Kier molecular flexibility index (Phi) is 5.49. The van der Waals surface area contributed by atoms with Crippen LogP contribution in [-0.2, 0) is 0 Å². The summed E-state index contributed by atoms with van der Waals surface area (Å²) in [6, 6.07) is 7.44. The largest absolute Gasteiger partial charge is 0.333 e. The van der Waals surface area contributed by atoms with Crippen molar-refractivity contribution in [1.82, 2.24) is 0 Å². The molecule has 2 N–H and O–H groups in total. The van der Waals surface area contributed by atoms with E-state index in [-0.39, 0.29) is 0 Å². The molecule has 0 fully saturated rings. The Morgan fingerprint density at radius 1 is 1.30 bits per heavy atom. The molecule has 0 heterocycles. The van der Waals surface area contributed by atoms with Crippen molar-refractivity contribution in [3.63, 3.8) is 0 Å². The van der Waals surface area contributed by atoms with E-state index in [1.54, 1.807) is 0 Å². The zero-order valence-corrected chi connectivity index (χ0v) is 7.36. The third-order valence-corrected chi connectivity index (χ3v) is 1.70. The van der Waals surface area contributed by atoms with Crippen LogP contribution in [0.25, 0.3) is 0 Å². The number of hydrogen-bond donors (Lipinski definition) is 2. The topological polar surface area (TPSA) is 26.0 Å². The first-order valence-corrected chi connectivity index (χ1v) is 3.64. The summed E-state index contributed by atoms with van der Waals surface area (Å²) in [7, 11) is 1.50. The molecule has 56 valence electrons. The van der Waals surface area contributed by atoms with E-state index in [1.807, 2.05) is 24.3 Å². The summed E-state index contributed by atoms with van der Waals surface area (Å²) in [6.07, 6.45) is 0. The van der Waals surface area contributed by atoms with Crippen LogP contribution in [0.15, 0.2) is 29.2 Å². The number of rotatable bonds is 0.